The lowest BCUT2D eigenvalue weighted by molar-refractivity contribution is -0.118. The second kappa shape index (κ2) is 8.14. The zero-order valence-corrected chi connectivity index (χ0v) is 15.6. The first-order valence-corrected chi connectivity index (χ1v) is 8.77. The maximum Gasteiger partial charge on any atom is 0.341 e. The van der Waals surface area contributed by atoms with E-state index in [1.54, 1.807) is 37.3 Å². The van der Waals surface area contributed by atoms with E-state index in [2.05, 4.69) is 15.6 Å². The van der Waals surface area contributed by atoms with Gasteiger partial charge in [-0.25, -0.2) is 9.79 Å². The topological polar surface area (TPSA) is 105 Å². The summed E-state index contributed by atoms with van der Waals surface area (Å²) in [5, 5.41) is 5.90. The average molecular weight is 398 g/mol. The number of aliphatic imine (C=N–C) groups is 1. The molecule has 8 heteroatoms. The Hall–Kier alpha value is -3.32. The normalized spacial score (nSPS) is 18.6. The fraction of sp³-hybridized carbons (Fsp3) is 0.150. The van der Waals surface area contributed by atoms with Gasteiger partial charge in [-0.2, -0.15) is 0 Å². The van der Waals surface area contributed by atoms with E-state index in [0.29, 0.717) is 34.6 Å². The molecule has 0 spiro atoms. The summed E-state index contributed by atoms with van der Waals surface area (Å²) in [6, 6.07) is 9.91. The number of hydrogen-bond acceptors (Lipinski definition) is 4. The Kier molecular flexibility index (Phi) is 5.65. The van der Waals surface area contributed by atoms with Crippen molar-refractivity contribution in [1.82, 2.24) is 5.32 Å². The fourth-order valence-corrected chi connectivity index (χ4v) is 3.31. The second-order valence-corrected chi connectivity index (χ2v) is 6.72. The zero-order chi connectivity index (χ0) is 20.3. The van der Waals surface area contributed by atoms with Gasteiger partial charge < -0.3 is 10.6 Å². The highest BCUT2D eigenvalue weighted by molar-refractivity contribution is 6.31. The van der Waals surface area contributed by atoms with Gasteiger partial charge in [0, 0.05) is 27.5 Å². The van der Waals surface area contributed by atoms with Crippen LogP contribution in [-0.4, -0.2) is 30.2 Å². The van der Waals surface area contributed by atoms with Crippen LogP contribution in [0, 0.1) is 5.92 Å². The molecule has 0 radical (unpaired) electrons. The molecule has 0 saturated carbocycles. The minimum Gasteiger partial charge on any atom is -0.328 e. The smallest absolute Gasteiger partial charge is 0.328 e. The van der Waals surface area contributed by atoms with E-state index in [1.807, 2.05) is 0 Å². The summed E-state index contributed by atoms with van der Waals surface area (Å²) in [5.74, 6) is -1.20. The number of rotatable bonds is 5. The van der Waals surface area contributed by atoms with E-state index in [4.69, 9.17) is 11.6 Å². The summed E-state index contributed by atoms with van der Waals surface area (Å²) in [6.45, 7) is 1.59. The molecule has 0 bridgehead atoms. The maximum atomic E-state index is 12.9. The van der Waals surface area contributed by atoms with Crippen molar-refractivity contribution in [3.05, 3.63) is 64.2 Å². The molecule has 2 aromatic rings. The summed E-state index contributed by atoms with van der Waals surface area (Å²) in [4.78, 5) is 51.1. The number of nitrogens with one attached hydrogen (secondary N) is 2. The maximum absolute atomic E-state index is 12.9. The van der Waals surface area contributed by atoms with Crippen LogP contribution in [0.1, 0.15) is 39.2 Å². The van der Waals surface area contributed by atoms with E-state index >= 15 is 0 Å². The highest BCUT2D eigenvalue weighted by Crippen LogP contribution is 2.29. The Labute approximate surface area is 165 Å². The van der Waals surface area contributed by atoms with Gasteiger partial charge >= 0.3 is 6.03 Å². The molecule has 1 aliphatic heterocycles. The van der Waals surface area contributed by atoms with Crippen LogP contribution in [0.3, 0.4) is 0 Å². The molecule has 28 heavy (non-hydrogen) atoms. The number of benzene rings is 2. The van der Waals surface area contributed by atoms with Gasteiger partial charge in [0.25, 0.3) is 0 Å². The van der Waals surface area contributed by atoms with Crippen molar-refractivity contribution in [3.8, 4) is 0 Å². The molecule has 3 amide bonds. The number of aldehydes is 2. The van der Waals surface area contributed by atoms with Crippen molar-refractivity contribution >= 4 is 47.5 Å². The molecule has 1 heterocycles. The number of nitrogens with zero attached hydrogens (tertiary/aromatic N) is 1. The molecule has 0 fully saturated rings. The number of urea groups is 1. The third kappa shape index (κ3) is 3.99. The Morgan fingerprint density at radius 3 is 2.57 bits per heavy atom. The number of hydrogen-bond donors (Lipinski definition) is 2. The van der Waals surface area contributed by atoms with E-state index in [0.717, 1.165) is 0 Å². The van der Waals surface area contributed by atoms with Gasteiger partial charge in [0.05, 0.1) is 6.04 Å². The largest absolute Gasteiger partial charge is 0.341 e. The Balaban J connectivity index is 1.97. The lowest BCUT2D eigenvalue weighted by Gasteiger charge is -2.30. The van der Waals surface area contributed by atoms with E-state index in [-0.39, 0.29) is 17.0 Å². The Bertz CT molecular complexity index is 1000. The van der Waals surface area contributed by atoms with Crippen molar-refractivity contribution < 1.29 is 19.2 Å². The van der Waals surface area contributed by atoms with E-state index in [9.17, 15) is 19.2 Å². The van der Waals surface area contributed by atoms with Gasteiger partial charge in [0.2, 0.25) is 5.91 Å². The molecule has 1 aliphatic rings. The van der Waals surface area contributed by atoms with Crippen LogP contribution in [0.25, 0.3) is 0 Å². The summed E-state index contributed by atoms with van der Waals surface area (Å²) in [6.07, 6.45) is 1.13. The molecular weight excluding hydrogens is 382 g/mol. The SMILES string of the molecule is CC1=NC(=O)NC(c2ccc(C=O)c(C=O)c2)C1C(=O)Nc1cccc(Cl)c1. The molecule has 0 aromatic heterocycles. The summed E-state index contributed by atoms with van der Waals surface area (Å²) in [5.41, 5.74) is 1.76. The molecule has 3 rings (SSSR count). The predicted octanol–water partition coefficient (Wildman–Crippen LogP) is 3.45. The third-order valence-electron chi connectivity index (χ3n) is 4.44. The first kappa shape index (κ1) is 19.4. The fourth-order valence-electron chi connectivity index (χ4n) is 3.12. The van der Waals surface area contributed by atoms with E-state index < -0.39 is 18.0 Å². The molecule has 142 valence electrons. The predicted molar refractivity (Wildman–Crippen MR) is 105 cm³/mol. The van der Waals surface area contributed by atoms with E-state index in [1.165, 1.54) is 12.1 Å². The van der Waals surface area contributed by atoms with Gasteiger partial charge in [-0.1, -0.05) is 29.8 Å². The van der Waals surface area contributed by atoms with Crippen LogP contribution in [0.5, 0.6) is 0 Å². The lowest BCUT2D eigenvalue weighted by Crippen LogP contribution is -2.45. The summed E-state index contributed by atoms with van der Waals surface area (Å²) in [7, 11) is 0. The molecule has 2 atom stereocenters. The number of anilines is 1. The van der Waals surface area contributed by atoms with Crippen molar-refractivity contribution in [2.45, 2.75) is 13.0 Å². The van der Waals surface area contributed by atoms with Crippen LogP contribution < -0.4 is 10.6 Å². The van der Waals surface area contributed by atoms with Gasteiger partial charge in [-0.15, -0.1) is 0 Å². The van der Waals surface area contributed by atoms with Crippen LogP contribution in [0.2, 0.25) is 5.02 Å². The van der Waals surface area contributed by atoms with Crippen LogP contribution in [-0.2, 0) is 4.79 Å². The number of carbonyl (C=O) groups is 4. The summed E-state index contributed by atoms with van der Waals surface area (Å²) < 4.78 is 0. The molecule has 2 unspecified atom stereocenters. The van der Waals surface area contributed by atoms with Crippen molar-refractivity contribution in [3.63, 3.8) is 0 Å². The average Bonchev–Trinajstić information content (AvgIpc) is 2.66. The Morgan fingerprint density at radius 1 is 1.14 bits per heavy atom. The van der Waals surface area contributed by atoms with Gasteiger partial charge in [0.15, 0.2) is 12.6 Å². The molecule has 2 aromatic carbocycles. The van der Waals surface area contributed by atoms with Gasteiger partial charge in [0.1, 0.15) is 5.92 Å². The number of carbonyl (C=O) groups excluding carboxylic acids is 4. The minimum absolute atomic E-state index is 0.177. The van der Waals surface area contributed by atoms with Gasteiger partial charge in [-0.05, 0) is 36.8 Å². The molecule has 0 aliphatic carbocycles. The first-order valence-electron chi connectivity index (χ1n) is 8.39. The highest BCUT2D eigenvalue weighted by atomic mass is 35.5. The summed E-state index contributed by atoms with van der Waals surface area (Å²) >= 11 is 5.95. The van der Waals surface area contributed by atoms with Crippen LogP contribution in [0.4, 0.5) is 10.5 Å². The number of amides is 3. The third-order valence-corrected chi connectivity index (χ3v) is 4.67. The van der Waals surface area contributed by atoms with Gasteiger partial charge in [-0.3, -0.25) is 14.4 Å². The molecular formula is C20H16ClN3O4. The Morgan fingerprint density at radius 2 is 1.89 bits per heavy atom. The standard InChI is InChI=1S/C20H16ClN3O4/c1-11-17(19(27)23-16-4-2-3-15(21)8-16)18(24-20(28)22-11)12-5-6-13(9-25)14(7-12)10-26/h2-10,17-18H,1H3,(H,23,27)(H,24,28). The second-order valence-electron chi connectivity index (χ2n) is 6.28. The lowest BCUT2D eigenvalue weighted by atomic mass is 9.86. The van der Waals surface area contributed by atoms with Crippen molar-refractivity contribution in [2.24, 2.45) is 10.9 Å². The first-order chi connectivity index (χ1) is 13.4. The minimum atomic E-state index is -0.807. The van der Waals surface area contributed by atoms with Crippen LogP contribution in [0.15, 0.2) is 47.5 Å². The van der Waals surface area contributed by atoms with Crippen LogP contribution >= 0.6 is 11.6 Å². The van der Waals surface area contributed by atoms with Crippen molar-refractivity contribution in [1.29, 1.82) is 0 Å². The quantitative estimate of drug-likeness (QED) is 0.754. The zero-order valence-electron chi connectivity index (χ0n) is 14.8. The highest BCUT2D eigenvalue weighted by Gasteiger charge is 2.37. The molecule has 7 nitrogen and oxygen atoms in total. The molecule has 2 N–H and O–H groups in total. The van der Waals surface area contributed by atoms with Crippen molar-refractivity contribution in [2.75, 3.05) is 5.32 Å². The monoisotopic (exact) mass is 397 g/mol. The molecule has 0 saturated heterocycles. The number of halogens is 1.